The van der Waals surface area contributed by atoms with Crippen molar-refractivity contribution in [2.75, 3.05) is 6.54 Å². The van der Waals surface area contributed by atoms with Crippen molar-refractivity contribution in [3.8, 4) is 11.4 Å². The van der Waals surface area contributed by atoms with E-state index in [1.54, 1.807) is 24.3 Å². The third-order valence-corrected chi connectivity index (χ3v) is 5.90. The molecule has 1 aromatic heterocycles. The average Bonchev–Trinajstić information content (AvgIpc) is 3.36. The molecular weight excluding hydrogens is 356 g/mol. The molecule has 1 atom stereocenters. The number of carboxylic acid groups (broad SMARTS) is 1. The number of nitrogens with one attached hydrogen (secondary N) is 2. The van der Waals surface area contributed by atoms with Gasteiger partial charge in [0.1, 0.15) is 5.82 Å². The van der Waals surface area contributed by atoms with Gasteiger partial charge in [-0.1, -0.05) is 25.0 Å². The largest absolute Gasteiger partial charge is 0.478 e. The fraction of sp³-hybridized carbons (Fsp3) is 0.476. The monoisotopic (exact) mass is 382 g/mol. The zero-order chi connectivity index (χ0) is 19.7. The summed E-state index contributed by atoms with van der Waals surface area (Å²) in [7, 11) is 0. The molecule has 1 amide bonds. The maximum atomic E-state index is 12.6. The van der Waals surface area contributed by atoms with E-state index in [1.165, 1.54) is 12.8 Å². The Morgan fingerprint density at radius 1 is 1.25 bits per heavy atom. The maximum Gasteiger partial charge on any atom is 0.335 e. The summed E-state index contributed by atoms with van der Waals surface area (Å²) in [5.41, 5.74) is 3.17. The van der Waals surface area contributed by atoms with Gasteiger partial charge in [0.25, 0.3) is 0 Å². The van der Waals surface area contributed by atoms with Crippen LogP contribution in [0.4, 0.5) is 0 Å². The third-order valence-electron chi connectivity index (χ3n) is 5.90. The summed E-state index contributed by atoms with van der Waals surface area (Å²) < 4.78 is 0. The first kappa shape index (κ1) is 18.7. The third kappa shape index (κ3) is 3.80. The number of aromatic amines is 1. The number of nitrogens with zero attached hydrogens (tertiary/aromatic N) is 2. The first-order valence-electron chi connectivity index (χ1n) is 9.97. The van der Waals surface area contributed by atoms with Crippen molar-refractivity contribution in [2.45, 2.75) is 57.7 Å². The summed E-state index contributed by atoms with van der Waals surface area (Å²) >= 11 is 0. The van der Waals surface area contributed by atoms with Crippen LogP contribution in [-0.2, 0) is 17.8 Å². The van der Waals surface area contributed by atoms with Crippen molar-refractivity contribution in [2.24, 2.45) is 0 Å². The van der Waals surface area contributed by atoms with Crippen LogP contribution in [0.1, 0.15) is 54.4 Å². The summed E-state index contributed by atoms with van der Waals surface area (Å²) in [6.07, 6.45) is 5.38. The minimum Gasteiger partial charge on any atom is -0.478 e. The average molecular weight is 382 g/mol. The number of H-pyrrole nitrogens is 1. The van der Waals surface area contributed by atoms with Gasteiger partial charge < -0.3 is 15.4 Å². The standard InChI is InChI=1S/C21H26N4O3/c1-13(20(26)22-16-4-2-3-5-16)25-11-10-17-18(12-25)24-19(23-17)14-6-8-15(9-7-14)21(27)28/h6-9,13,16H,2-5,10-12H2,1H3,(H,22,26)(H,23,24)(H,27,28)/t13-/m0/s1. The summed E-state index contributed by atoms with van der Waals surface area (Å²) in [4.78, 5) is 33.8. The van der Waals surface area contributed by atoms with Crippen molar-refractivity contribution >= 4 is 11.9 Å². The van der Waals surface area contributed by atoms with Gasteiger partial charge >= 0.3 is 5.97 Å². The lowest BCUT2D eigenvalue weighted by Crippen LogP contribution is -2.49. The highest BCUT2D eigenvalue weighted by Gasteiger charge is 2.29. The van der Waals surface area contributed by atoms with E-state index < -0.39 is 5.97 Å². The van der Waals surface area contributed by atoms with Crippen LogP contribution in [0, 0.1) is 0 Å². The van der Waals surface area contributed by atoms with Crippen LogP contribution in [0.25, 0.3) is 11.4 Å². The predicted molar refractivity (Wildman–Crippen MR) is 105 cm³/mol. The number of hydrogen-bond acceptors (Lipinski definition) is 4. The second-order valence-electron chi connectivity index (χ2n) is 7.78. The highest BCUT2D eigenvalue weighted by molar-refractivity contribution is 5.88. The molecule has 0 spiro atoms. The van der Waals surface area contributed by atoms with E-state index in [-0.39, 0.29) is 17.5 Å². The molecular formula is C21H26N4O3. The van der Waals surface area contributed by atoms with Crippen molar-refractivity contribution in [3.63, 3.8) is 0 Å². The molecule has 1 aliphatic heterocycles. The molecule has 1 aromatic carbocycles. The quantitative estimate of drug-likeness (QED) is 0.738. The fourth-order valence-electron chi connectivity index (χ4n) is 4.11. The Bertz CT molecular complexity index is 868. The smallest absolute Gasteiger partial charge is 0.335 e. The molecule has 1 fully saturated rings. The lowest BCUT2D eigenvalue weighted by Gasteiger charge is -2.31. The SMILES string of the molecule is C[C@@H](C(=O)NC1CCCC1)N1CCc2nc(-c3ccc(C(=O)O)cc3)[nH]c2C1. The normalized spacial score (nSPS) is 18.6. The molecule has 0 radical (unpaired) electrons. The highest BCUT2D eigenvalue weighted by Crippen LogP contribution is 2.24. The topological polar surface area (TPSA) is 98.3 Å². The first-order valence-corrected chi connectivity index (χ1v) is 9.97. The molecule has 2 aliphatic rings. The number of carbonyl (C=O) groups is 2. The number of hydrogen-bond donors (Lipinski definition) is 3. The van der Waals surface area contributed by atoms with E-state index in [4.69, 9.17) is 5.11 Å². The van der Waals surface area contributed by atoms with Crippen LogP contribution in [0.5, 0.6) is 0 Å². The van der Waals surface area contributed by atoms with Gasteiger partial charge in [-0.25, -0.2) is 9.78 Å². The van der Waals surface area contributed by atoms with E-state index in [9.17, 15) is 9.59 Å². The van der Waals surface area contributed by atoms with Gasteiger partial charge in [0.15, 0.2) is 0 Å². The van der Waals surface area contributed by atoms with E-state index in [2.05, 4.69) is 20.2 Å². The number of imidazole rings is 1. The number of rotatable bonds is 5. The minimum absolute atomic E-state index is 0.111. The molecule has 7 heteroatoms. The molecule has 28 heavy (non-hydrogen) atoms. The molecule has 4 rings (SSSR count). The molecule has 1 saturated carbocycles. The number of carboxylic acids is 1. The molecule has 0 saturated heterocycles. The van der Waals surface area contributed by atoms with E-state index in [1.807, 2.05) is 6.92 Å². The summed E-state index contributed by atoms with van der Waals surface area (Å²) in [6.45, 7) is 3.43. The van der Waals surface area contributed by atoms with Crippen LogP contribution in [0.2, 0.25) is 0 Å². The Morgan fingerprint density at radius 2 is 1.96 bits per heavy atom. The number of carbonyl (C=O) groups excluding carboxylic acids is 1. The van der Waals surface area contributed by atoms with Gasteiger partial charge in [0, 0.05) is 31.1 Å². The Labute approximate surface area is 164 Å². The predicted octanol–water partition coefficient (Wildman–Crippen LogP) is 2.58. The Hall–Kier alpha value is -2.67. The van der Waals surface area contributed by atoms with Gasteiger partial charge in [0.05, 0.1) is 23.0 Å². The van der Waals surface area contributed by atoms with Crippen LogP contribution in [0.3, 0.4) is 0 Å². The second-order valence-corrected chi connectivity index (χ2v) is 7.78. The van der Waals surface area contributed by atoms with Gasteiger partial charge in [-0.3, -0.25) is 9.69 Å². The number of aromatic carboxylic acids is 1. The minimum atomic E-state index is -0.939. The lowest BCUT2D eigenvalue weighted by molar-refractivity contribution is -0.127. The van der Waals surface area contributed by atoms with Crippen LogP contribution in [-0.4, -0.2) is 50.5 Å². The molecule has 148 valence electrons. The van der Waals surface area contributed by atoms with Gasteiger partial charge in [-0.05, 0) is 31.9 Å². The zero-order valence-corrected chi connectivity index (χ0v) is 16.1. The van der Waals surface area contributed by atoms with Crippen LogP contribution < -0.4 is 5.32 Å². The van der Waals surface area contributed by atoms with Crippen LogP contribution in [0.15, 0.2) is 24.3 Å². The highest BCUT2D eigenvalue weighted by atomic mass is 16.4. The van der Waals surface area contributed by atoms with Gasteiger partial charge in [-0.15, -0.1) is 0 Å². The van der Waals surface area contributed by atoms with Crippen molar-refractivity contribution in [1.29, 1.82) is 0 Å². The summed E-state index contributed by atoms with van der Waals surface area (Å²) in [5.74, 6) is -0.0861. The number of amides is 1. The second kappa shape index (κ2) is 7.75. The van der Waals surface area contributed by atoms with Crippen molar-refractivity contribution in [1.82, 2.24) is 20.2 Å². The van der Waals surface area contributed by atoms with Crippen molar-refractivity contribution in [3.05, 3.63) is 41.2 Å². The van der Waals surface area contributed by atoms with Crippen LogP contribution >= 0.6 is 0 Å². The molecule has 0 bridgehead atoms. The molecule has 7 nitrogen and oxygen atoms in total. The fourth-order valence-corrected chi connectivity index (χ4v) is 4.11. The maximum absolute atomic E-state index is 12.6. The molecule has 0 unspecified atom stereocenters. The molecule has 1 aliphatic carbocycles. The Morgan fingerprint density at radius 3 is 2.64 bits per heavy atom. The first-order chi connectivity index (χ1) is 13.5. The van der Waals surface area contributed by atoms with Crippen molar-refractivity contribution < 1.29 is 14.7 Å². The van der Waals surface area contributed by atoms with Gasteiger partial charge in [0.2, 0.25) is 5.91 Å². The summed E-state index contributed by atoms with van der Waals surface area (Å²) in [5, 5.41) is 12.2. The van der Waals surface area contributed by atoms with Gasteiger partial charge in [-0.2, -0.15) is 0 Å². The van der Waals surface area contributed by atoms with E-state index in [0.717, 1.165) is 48.6 Å². The Kier molecular flexibility index (Phi) is 5.17. The molecule has 2 aromatic rings. The molecule has 2 heterocycles. The zero-order valence-electron chi connectivity index (χ0n) is 16.1. The number of benzene rings is 1. The number of aromatic nitrogens is 2. The summed E-state index contributed by atoms with van der Waals surface area (Å²) in [6, 6.07) is 6.87. The van der Waals surface area contributed by atoms with E-state index >= 15 is 0 Å². The molecule has 3 N–H and O–H groups in total. The lowest BCUT2D eigenvalue weighted by atomic mass is 10.1. The van der Waals surface area contributed by atoms with E-state index in [0.29, 0.717) is 12.6 Å². The Balaban J connectivity index is 1.43. The number of fused-ring (bicyclic) bond motifs is 1.